The van der Waals surface area contributed by atoms with Crippen molar-refractivity contribution in [1.29, 1.82) is 0 Å². The van der Waals surface area contributed by atoms with Crippen LogP contribution in [0.3, 0.4) is 0 Å². The Kier molecular flexibility index (Phi) is 15.8. The lowest BCUT2D eigenvalue weighted by molar-refractivity contribution is -0.192. The number of nitrogens with zero attached hydrogens (tertiary/aromatic N) is 3. The maximum absolute atomic E-state index is 14.1. The molecule has 3 aromatic heterocycles. The summed E-state index contributed by atoms with van der Waals surface area (Å²) in [6, 6.07) is 2.82. The first kappa shape index (κ1) is 52.6. The zero-order chi connectivity index (χ0) is 50.8. The third-order valence-electron chi connectivity index (χ3n) is 13.9. The highest BCUT2D eigenvalue weighted by atomic mass is 16.4. The van der Waals surface area contributed by atoms with Gasteiger partial charge >= 0.3 is 0 Å². The first-order valence-electron chi connectivity index (χ1n) is 22.2. The van der Waals surface area contributed by atoms with Gasteiger partial charge in [-0.05, 0) is 66.7 Å². The van der Waals surface area contributed by atoms with E-state index in [0.717, 1.165) is 50.5 Å². The van der Waals surface area contributed by atoms with E-state index in [2.05, 4.69) is 16.0 Å². The molecule has 0 spiro atoms. The molecular weight excluding hydrogens is 915 g/mol. The predicted octanol–water partition coefficient (Wildman–Crippen LogP) is -5.69. The smallest absolute Gasteiger partial charge is 0.271 e. The summed E-state index contributed by atoms with van der Waals surface area (Å²) in [5.74, 6) is -5.79. The van der Waals surface area contributed by atoms with Crippen LogP contribution in [-0.4, -0.2) is 175 Å². The zero-order valence-corrected chi connectivity index (χ0v) is 37.5. The van der Waals surface area contributed by atoms with Crippen LogP contribution in [0, 0.1) is 21.7 Å². The quantitative estimate of drug-likeness (QED) is 0.0446. The molecule has 3 heterocycles. The van der Waals surface area contributed by atoms with E-state index in [9.17, 15) is 90.0 Å². The van der Waals surface area contributed by atoms with Gasteiger partial charge in [-0.25, -0.2) is 0 Å². The van der Waals surface area contributed by atoms with Crippen LogP contribution >= 0.6 is 0 Å². The molecule has 0 aliphatic heterocycles. The van der Waals surface area contributed by atoms with Gasteiger partial charge in [-0.3, -0.25) is 28.8 Å². The van der Waals surface area contributed by atoms with Crippen LogP contribution in [0.4, 0.5) is 0 Å². The van der Waals surface area contributed by atoms with Gasteiger partial charge in [0.25, 0.3) is 17.7 Å². The van der Waals surface area contributed by atoms with Crippen molar-refractivity contribution >= 4 is 17.7 Å². The van der Waals surface area contributed by atoms with Crippen LogP contribution in [0.5, 0.6) is 17.2 Å². The summed E-state index contributed by atoms with van der Waals surface area (Å²) in [5.41, 5.74) is -1.42. The Morgan fingerprint density at radius 1 is 0.478 bits per heavy atom. The number of pyridine rings is 3. The van der Waals surface area contributed by atoms with Gasteiger partial charge in [0.2, 0.25) is 16.3 Å². The molecule has 25 nitrogen and oxygen atoms in total. The lowest BCUT2D eigenvalue weighted by Crippen LogP contribution is -2.68. The average Bonchev–Trinajstić information content (AvgIpc) is 3.31. The van der Waals surface area contributed by atoms with Gasteiger partial charge in [0, 0.05) is 56.4 Å². The van der Waals surface area contributed by atoms with Crippen molar-refractivity contribution in [3.8, 4) is 17.2 Å². The zero-order valence-electron chi connectivity index (χ0n) is 37.5. The van der Waals surface area contributed by atoms with Crippen LogP contribution in [-0.2, 0) is 19.6 Å². The number of nitrogens with one attached hydrogen (secondary N) is 3. The van der Waals surface area contributed by atoms with Gasteiger partial charge in [-0.1, -0.05) is 0 Å². The molecule has 0 saturated heterocycles. The number of carbonyl (C=O) groups is 3. The maximum atomic E-state index is 14.1. The molecule has 6 unspecified atom stereocenters. The Balaban J connectivity index is 1.36. The second-order valence-electron chi connectivity index (χ2n) is 19.4. The molecule has 380 valence electrons. The summed E-state index contributed by atoms with van der Waals surface area (Å²) >= 11 is 0. The molecule has 4 aliphatic rings. The van der Waals surface area contributed by atoms with Crippen molar-refractivity contribution < 1.29 is 75.7 Å². The monoisotopic (exact) mass is 975 g/mol. The summed E-state index contributed by atoms with van der Waals surface area (Å²) in [4.78, 5) is 80.2. The van der Waals surface area contributed by atoms with Gasteiger partial charge in [0.1, 0.15) is 18.3 Å². The van der Waals surface area contributed by atoms with Gasteiger partial charge in [0.05, 0.1) is 57.8 Å². The van der Waals surface area contributed by atoms with Crippen LogP contribution < -0.4 is 38.0 Å². The fraction of sp³-hybridized carbons (Fsp3) is 0.591. The molecule has 6 atom stereocenters. The third-order valence-corrected chi connectivity index (χ3v) is 13.9. The Hall–Kier alpha value is -5.74. The number of aromatic hydroxyl groups is 3. The minimum atomic E-state index is -1.64. The summed E-state index contributed by atoms with van der Waals surface area (Å²) < 4.78 is 3.11. The van der Waals surface area contributed by atoms with Crippen LogP contribution in [0.1, 0.15) is 70.0 Å². The van der Waals surface area contributed by atoms with Crippen molar-refractivity contribution in [3.63, 3.8) is 0 Å². The highest BCUT2D eigenvalue weighted by Gasteiger charge is 2.67. The van der Waals surface area contributed by atoms with E-state index in [1.54, 1.807) is 0 Å². The van der Waals surface area contributed by atoms with Crippen molar-refractivity contribution in [2.45, 2.75) is 94.8 Å². The number of hydrogen-bond acceptors (Lipinski definition) is 19. The Labute approximate surface area is 392 Å². The fourth-order valence-corrected chi connectivity index (χ4v) is 11.6. The molecule has 7 rings (SSSR count). The normalized spacial score (nSPS) is 25.3. The molecular formula is C44H61N7O18. The lowest BCUT2D eigenvalue weighted by atomic mass is 9.35. The Bertz CT molecular complexity index is 2300. The first-order chi connectivity index (χ1) is 32.5. The fourth-order valence-electron chi connectivity index (χ4n) is 11.6. The number of aliphatic hydroxyl groups is 9. The largest absolute Gasteiger partial charge is 0.503 e. The predicted molar refractivity (Wildman–Crippen MR) is 238 cm³/mol. The molecule has 25 heteroatoms. The van der Waals surface area contributed by atoms with Crippen LogP contribution in [0.2, 0.25) is 0 Å². The summed E-state index contributed by atoms with van der Waals surface area (Å²) in [5, 5.41) is 131. The maximum Gasteiger partial charge on any atom is 0.271 e. The number of carbonyl (C=O) groups excluding carboxylic acids is 3. The van der Waals surface area contributed by atoms with Crippen LogP contribution in [0.15, 0.2) is 51.2 Å². The standard InChI is InChI=1S/C44H61N7O18/c45-19-41-13-42(20-46-38(67)32-35(64)23(55)1-4-49(32)7-26(58)29(61)10-52)16-43(14-41,21-47-39(68)33-36(65)24(56)2-5-50(33)8-27(59)30(62)11-53)18-44(15-41,17-42)22-48-40(69)34-37(66)25(57)3-6-51(34)9-28(60)31(63)12-54/h1-6,26-31,52-54,58-66H,7-22,45H2,(H,46,67)(H,47,68)(H,48,69). The molecule has 0 aromatic carbocycles. The van der Waals surface area contributed by atoms with E-state index in [1.165, 1.54) is 0 Å². The second kappa shape index (κ2) is 20.7. The first-order valence-corrected chi connectivity index (χ1v) is 22.2. The Morgan fingerprint density at radius 3 is 0.957 bits per heavy atom. The van der Waals surface area contributed by atoms with E-state index in [0.29, 0.717) is 19.3 Å². The number of aliphatic hydroxyl groups excluding tert-OH is 9. The highest BCUT2D eigenvalue weighted by Crippen LogP contribution is 2.73. The molecule has 3 amide bonds. The summed E-state index contributed by atoms with van der Waals surface area (Å²) in [7, 11) is 0. The van der Waals surface area contributed by atoms with Crippen molar-refractivity contribution in [3.05, 3.63) is 84.5 Å². The second-order valence-corrected chi connectivity index (χ2v) is 19.4. The number of nitrogens with two attached hydrogens (primary N) is 1. The van der Waals surface area contributed by atoms with Crippen molar-refractivity contribution in [2.75, 3.05) is 46.0 Å². The molecule has 4 aliphatic carbocycles. The molecule has 0 radical (unpaired) electrons. The van der Waals surface area contributed by atoms with Crippen LogP contribution in [0.25, 0.3) is 0 Å². The Morgan fingerprint density at radius 2 is 0.725 bits per heavy atom. The third kappa shape index (κ3) is 10.9. The van der Waals surface area contributed by atoms with E-state index in [-0.39, 0.29) is 45.4 Å². The lowest BCUT2D eigenvalue weighted by Gasteiger charge is -2.71. The number of aromatic nitrogens is 3. The van der Waals surface area contributed by atoms with E-state index < -0.39 is 166 Å². The van der Waals surface area contributed by atoms with Gasteiger partial charge in [-0.2, -0.15) is 0 Å². The molecule has 69 heavy (non-hydrogen) atoms. The molecule has 4 fully saturated rings. The summed E-state index contributed by atoms with van der Waals surface area (Å²) in [6.45, 7) is -4.48. The number of amides is 3. The average molecular weight is 976 g/mol. The van der Waals surface area contributed by atoms with Crippen molar-refractivity contribution in [2.24, 2.45) is 27.4 Å². The summed E-state index contributed by atoms with van der Waals surface area (Å²) in [6.07, 6.45) is -4.49. The molecule has 3 aromatic rings. The molecule has 17 N–H and O–H groups in total. The highest BCUT2D eigenvalue weighted by molar-refractivity contribution is 5.96. The minimum Gasteiger partial charge on any atom is -0.503 e. The SMILES string of the molecule is NCC12CC3(CNC(=O)c4c(O)c(=O)ccn4CC(O)C(O)CO)CC(CNC(=O)c4c(O)c(=O)ccn4CC(O)C(O)CO)(C1)CC(CNC(=O)c1c(O)c(=O)ccn1CC(O)C(O)CO)(C2)C3. The van der Waals surface area contributed by atoms with Gasteiger partial charge in [-0.15, -0.1) is 0 Å². The van der Waals surface area contributed by atoms with Gasteiger partial charge in [0.15, 0.2) is 34.3 Å². The number of rotatable bonds is 22. The molecule has 4 saturated carbocycles. The van der Waals surface area contributed by atoms with E-state index >= 15 is 0 Å². The minimum absolute atomic E-state index is 0.0619. The topological polar surface area (TPSA) is 422 Å². The molecule has 4 bridgehead atoms. The van der Waals surface area contributed by atoms with E-state index in [4.69, 9.17) is 5.73 Å². The number of hydrogen-bond donors (Lipinski definition) is 16. The van der Waals surface area contributed by atoms with Gasteiger partial charge < -0.3 is 96.7 Å². The van der Waals surface area contributed by atoms with Crippen molar-refractivity contribution in [1.82, 2.24) is 29.7 Å². The van der Waals surface area contributed by atoms with E-state index in [1.807, 2.05) is 0 Å².